The van der Waals surface area contributed by atoms with Gasteiger partial charge in [0.05, 0.1) is 31.0 Å². The van der Waals surface area contributed by atoms with E-state index in [9.17, 15) is 4.79 Å². The average Bonchev–Trinajstić information content (AvgIpc) is 2.34. The number of hydrogen-bond donors (Lipinski definition) is 0. The number of carbonyl (C=O) groups excluding carboxylic acids is 1. The van der Waals surface area contributed by atoms with Gasteiger partial charge in [-0.1, -0.05) is 6.92 Å². The van der Waals surface area contributed by atoms with Gasteiger partial charge in [0.15, 0.2) is 0 Å². The first-order valence-electron chi connectivity index (χ1n) is 5.78. The zero-order chi connectivity index (χ0) is 13.3. The highest BCUT2D eigenvalue weighted by Crippen LogP contribution is 1.99. The van der Waals surface area contributed by atoms with Crippen LogP contribution in [0.4, 0.5) is 0 Å². The molecule has 17 heavy (non-hydrogen) atoms. The smallest absolute Gasteiger partial charge is 0.236 e. The summed E-state index contributed by atoms with van der Waals surface area (Å²) in [6.07, 6.45) is 0.350. The Morgan fingerprint density at radius 1 is 1.41 bits per heavy atom. The Kier molecular flexibility index (Phi) is 7.75. The van der Waals surface area contributed by atoms with E-state index in [1.165, 1.54) is 0 Å². The van der Waals surface area contributed by atoms with E-state index in [-0.39, 0.29) is 11.8 Å². The third-order valence-electron chi connectivity index (χ3n) is 2.54. The minimum absolute atomic E-state index is 0.00719. The van der Waals surface area contributed by atoms with Gasteiger partial charge in [0, 0.05) is 20.1 Å². The number of carbonyl (C=O) groups is 1. The van der Waals surface area contributed by atoms with Crippen molar-refractivity contribution in [2.45, 2.75) is 20.3 Å². The van der Waals surface area contributed by atoms with Crippen LogP contribution < -0.4 is 0 Å². The normalized spacial score (nSPS) is 11.6. The molecule has 0 radical (unpaired) electrons. The van der Waals surface area contributed by atoms with E-state index in [4.69, 9.17) is 10.5 Å². The van der Waals surface area contributed by atoms with Gasteiger partial charge in [0.2, 0.25) is 5.91 Å². The van der Waals surface area contributed by atoms with Gasteiger partial charge in [-0.3, -0.25) is 9.69 Å². The van der Waals surface area contributed by atoms with Gasteiger partial charge in [-0.2, -0.15) is 10.5 Å². The third kappa shape index (κ3) is 6.55. The first kappa shape index (κ1) is 15.4. The molecule has 1 unspecified atom stereocenters. The van der Waals surface area contributed by atoms with Crippen LogP contribution in [0.15, 0.2) is 0 Å². The maximum atomic E-state index is 11.8. The van der Waals surface area contributed by atoms with Crippen molar-refractivity contribution in [3.8, 4) is 12.1 Å². The molecule has 0 bridgehead atoms. The molecule has 0 N–H and O–H groups in total. The number of rotatable bonds is 7. The van der Waals surface area contributed by atoms with E-state index in [2.05, 4.69) is 6.07 Å². The molecular weight excluding hydrogens is 216 g/mol. The van der Waals surface area contributed by atoms with Crippen molar-refractivity contribution in [1.82, 2.24) is 9.80 Å². The lowest BCUT2D eigenvalue weighted by Crippen LogP contribution is -2.40. The van der Waals surface area contributed by atoms with E-state index in [1.807, 2.05) is 24.8 Å². The van der Waals surface area contributed by atoms with Crippen LogP contribution in [-0.2, 0) is 4.79 Å². The van der Waals surface area contributed by atoms with Crippen LogP contribution in [0.25, 0.3) is 0 Å². The highest BCUT2D eigenvalue weighted by atomic mass is 16.2. The number of likely N-dealkylation sites (N-methyl/N-ethyl adjacent to an activating group) is 2. The zero-order valence-corrected chi connectivity index (χ0v) is 10.8. The van der Waals surface area contributed by atoms with Crippen molar-refractivity contribution in [2.75, 3.05) is 33.2 Å². The van der Waals surface area contributed by atoms with Crippen LogP contribution in [0.5, 0.6) is 0 Å². The molecule has 0 spiro atoms. The monoisotopic (exact) mass is 236 g/mol. The molecule has 0 rings (SSSR count). The molecule has 0 saturated heterocycles. The van der Waals surface area contributed by atoms with Gasteiger partial charge in [0.25, 0.3) is 0 Å². The van der Waals surface area contributed by atoms with Crippen molar-refractivity contribution >= 4 is 5.91 Å². The fraction of sp³-hybridized carbons (Fsp3) is 0.750. The number of nitriles is 2. The molecule has 0 aliphatic rings. The predicted octanol–water partition coefficient (Wildman–Crippen LogP) is 0.840. The van der Waals surface area contributed by atoms with Gasteiger partial charge >= 0.3 is 0 Å². The van der Waals surface area contributed by atoms with Crippen LogP contribution in [0.2, 0.25) is 0 Å². The Labute approximate surface area is 103 Å². The molecule has 0 aromatic carbocycles. The molecule has 0 aliphatic carbocycles. The summed E-state index contributed by atoms with van der Waals surface area (Å²) in [4.78, 5) is 15.3. The molecular formula is C12H20N4O. The molecule has 0 aliphatic heterocycles. The van der Waals surface area contributed by atoms with Gasteiger partial charge in [-0.05, 0) is 13.5 Å². The SMILES string of the molecule is CCN(CC(=O)N(C)CCC#N)CC(C)C#N. The molecule has 5 heteroatoms. The summed E-state index contributed by atoms with van der Waals surface area (Å²) in [6, 6.07) is 4.17. The maximum absolute atomic E-state index is 11.8. The highest BCUT2D eigenvalue weighted by molar-refractivity contribution is 5.77. The topological polar surface area (TPSA) is 71.1 Å². The van der Waals surface area contributed by atoms with Crippen LogP contribution in [0.1, 0.15) is 20.3 Å². The average molecular weight is 236 g/mol. The van der Waals surface area contributed by atoms with E-state index in [1.54, 1.807) is 11.9 Å². The molecule has 1 amide bonds. The number of nitrogens with zero attached hydrogens (tertiary/aromatic N) is 4. The molecule has 0 aromatic rings. The minimum Gasteiger partial charge on any atom is -0.344 e. The quantitative estimate of drug-likeness (QED) is 0.656. The Balaban J connectivity index is 4.15. The lowest BCUT2D eigenvalue weighted by atomic mass is 10.2. The molecule has 94 valence electrons. The Bertz CT molecular complexity index is 315. The summed E-state index contributed by atoms with van der Waals surface area (Å²) in [5, 5.41) is 17.2. The second-order valence-corrected chi connectivity index (χ2v) is 4.08. The van der Waals surface area contributed by atoms with Gasteiger partial charge in [0.1, 0.15) is 0 Å². The first-order chi connectivity index (χ1) is 8.04. The van der Waals surface area contributed by atoms with Gasteiger partial charge in [-0.15, -0.1) is 0 Å². The summed E-state index contributed by atoms with van der Waals surface area (Å²) >= 11 is 0. The van der Waals surface area contributed by atoms with E-state index in [0.29, 0.717) is 26.1 Å². The molecule has 0 heterocycles. The maximum Gasteiger partial charge on any atom is 0.236 e. The van der Waals surface area contributed by atoms with Crippen molar-refractivity contribution in [1.29, 1.82) is 10.5 Å². The molecule has 0 fully saturated rings. The summed E-state index contributed by atoms with van der Waals surface area (Å²) in [5.74, 6) is -0.0839. The first-order valence-corrected chi connectivity index (χ1v) is 5.78. The van der Waals surface area contributed by atoms with Crippen LogP contribution in [0, 0.1) is 28.6 Å². The Morgan fingerprint density at radius 3 is 2.53 bits per heavy atom. The van der Waals surface area contributed by atoms with Gasteiger partial charge in [-0.25, -0.2) is 0 Å². The number of amides is 1. The van der Waals surface area contributed by atoms with Crippen LogP contribution in [0.3, 0.4) is 0 Å². The predicted molar refractivity (Wildman–Crippen MR) is 64.8 cm³/mol. The van der Waals surface area contributed by atoms with Crippen molar-refractivity contribution in [3.05, 3.63) is 0 Å². The van der Waals surface area contributed by atoms with E-state index in [0.717, 1.165) is 6.54 Å². The molecule has 5 nitrogen and oxygen atoms in total. The molecule has 0 aromatic heterocycles. The summed E-state index contributed by atoms with van der Waals surface area (Å²) < 4.78 is 0. The standard InChI is InChI=1S/C12H20N4O/c1-4-16(9-11(2)8-14)10-12(17)15(3)7-5-6-13/h11H,4-5,7,9-10H2,1-3H3. The van der Waals surface area contributed by atoms with Crippen molar-refractivity contribution in [3.63, 3.8) is 0 Å². The second kappa shape index (κ2) is 8.55. The highest BCUT2D eigenvalue weighted by Gasteiger charge is 2.14. The lowest BCUT2D eigenvalue weighted by Gasteiger charge is -2.24. The minimum atomic E-state index is -0.0767. The summed E-state index contributed by atoms with van der Waals surface area (Å²) in [5.41, 5.74) is 0. The van der Waals surface area contributed by atoms with Crippen molar-refractivity contribution in [2.24, 2.45) is 5.92 Å². The van der Waals surface area contributed by atoms with Crippen LogP contribution in [-0.4, -0.2) is 48.9 Å². The third-order valence-corrected chi connectivity index (χ3v) is 2.54. The van der Waals surface area contributed by atoms with Crippen molar-refractivity contribution < 1.29 is 4.79 Å². The molecule has 0 saturated carbocycles. The Hall–Kier alpha value is -1.59. The summed E-state index contributed by atoms with van der Waals surface area (Å²) in [7, 11) is 1.70. The van der Waals surface area contributed by atoms with E-state index < -0.39 is 0 Å². The van der Waals surface area contributed by atoms with Crippen LogP contribution >= 0.6 is 0 Å². The summed E-state index contributed by atoms with van der Waals surface area (Å²) in [6.45, 7) is 5.92. The number of hydrogen-bond acceptors (Lipinski definition) is 4. The fourth-order valence-corrected chi connectivity index (χ4v) is 1.39. The van der Waals surface area contributed by atoms with E-state index >= 15 is 0 Å². The lowest BCUT2D eigenvalue weighted by molar-refractivity contribution is -0.131. The van der Waals surface area contributed by atoms with Gasteiger partial charge < -0.3 is 4.90 Å². The second-order valence-electron chi connectivity index (χ2n) is 4.08. The Morgan fingerprint density at radius 2 is 2.06 bits per heavy atom. The molecule has 1 atom stereocenters. The largest absolute Gasteiger partial charge is 0.344 e. The zero-order valence-electron chi connectivity index (χ0n) is 10.8. The fourth-order valence-electron chi connectivity index (χ4n) is 1.39.